The summed E-state index contributed by atoms with van der Waals surface area (Å²) in [6.07, 6.45) is 2.04. The molecular formula is C13H20N2OS. The van der Waals surface area contributed by atoms with Crippen molar-refractivity contribution in [3.63, 3.8) is 0 Å². The van der Waals surface area contributed by atoms with Crippen LogP contribution in [0.5, 0.6) is 0 Å². The van der Waals surface area contributed by atoms with Crippen LogP contribution in [0.15, 0.2) is 18.2 Å². The number of nitrogens with one attached hydrogen (secondary N) is 2. The highest BCUT2D eigenvalue weighted by atomic mass is 32.2. The number of rotatable bonds is 5. The Hall–Kier alpha value is -1.16. The van der Waals surface area contributed by atoms with Gasteiger partial charge in [-0.25, -0.2) is 0 Å². The number of carbonyl (C=O) groups is 1. The van der Waals surface area contributed by atoms with Gasteiger partial charge in [0.25, 0.3) is 5.91 Å². The standard InChI is InChI=1S/C13H20N2OS/c1-9-5-6-12(14-3)11(7-9)13(16)15-8-10(2)17-4/h5-7,10,14H,8H2,1-4H3,(H,15,16). The van der Waals surface area contributed by atoms with Crippen LogP contribution in [0, 0.1) is 6.92 Å². The predicted octanol–water partition coefficient (Wildman–Crippen LogP) is 2.52. The first-order valence-corrected chi connectivity index (χ1v) is 6.96. The molecule has 0 aromatic heterocycles. The molecule has 0 aliphatic rings. The lowest BCUT2D eigenvalue weighted by Gasteiger charge is -2.13. The molecule has 94 valence electrons. The molecule has 0 bridgehead atoms. The van der Waals surface area contributed by atoms with Crippen molar-refractivity contribution in [2.45, 2.75) is 19.1 Å². The molecule has 0 aliphatic heterocycles. The maximum atomic E-state index is 12.0. The second-order valence-electron chi connectivity index (χ2n) is 4.06. The Kier molecular flexibility index (Phi) is 5.35. The number of thioether (sulfide) groups is 1. The van der Waals surface area contributed by atoms with Gasteiger partial charge in [0.15, 0.2) is 0 Å². The minimum absolute atomic E-state index is 0.0149. The van der Waals surface area contributed by atoms with Gasteiger partial charge >= 0.3 is 0 Å². The van der Waals surface area contributed by atoms with Crippen LogP contribution in [-0.2, 0) is 0 Å². The fourth-order valence-electron chi connectivity index (χ4n) is 1.48. The quantitative estimate of drug-likeness (QED) is 0.846. The van der Waals surface area contributed by atoms with Crippen LogP contribution in [0.1, 0.15) is 22.8 Å². The highest BCUT2D eigenvalue weighted by molar-refractivity contribution is 7.99. The van der Waals surface area contributed by atoms with Crippen molar-refractivity contribution in [1.29, 1.82) is 0 Å². The van der Waals surface area contributed by atoms with Crippen molar-refractivity contribution in [1.82, 2.24) is 5.32 Å². The van der Waals surface area contributed by atoms with E-state index in [-0.39, 0.29) is 5.91 Å². The molecule has 3 nitrogen and oxygen atoms in total. The van der Waals surface area contributed by atoms with Gasteiger partial charge in [-0.2, -0.15) is 11.8 Å². The van der Waals surface area contributed by atoms with E-state index in [2.05, 4.69) is 17.6 Å². The fourth-order valence-corrected chi connectivity index (χ4v) is 1.73. The summed E-state index contributed by atoms with van der Waals surface area (Å²) in [5.74, 6) is -0.0149. The molecule has 1 aromatic carbocycles. The Balaban J connectivity index is 2.77. The minimum atomic E-state index is -0.0149. The van der Waals surface area contributed by atoms with Crippen LogP contribution in [0.25, 0.3) is 0 Å². The number of amides is 1. The highest BCUT2D eigenvalue weighted by Crippen LogP contribution is 2.16. The lowest BCUT2D eigenvalue weighted by Crippen LogP contribution is -2.29. The van der Waals surface area contributed by atoms with Crippen LogP contribution >= 0.6 is 11.8 Å². The van der Waals surface area contributed by atoms with E-state index in [0.29, 0.717) is 17.4 Å². The Morgan fingerprint density at radius 3 is 2.76 bits per heavy atom. The maximum Gasteiger partial charge on any atom is 0.253 e. The van der Waals surface area contributed by atoms with Crippen LogP contribution in [0.3, 0.4) is 0 Å². The molecule has 2 N–H and O–H groups in total. The van der Waals surface area contributed by atoms with Crippen molar-refractivity contribution in [2.75, 3.05) is 25.2 Å². The van der Waals surface area contributed by atoms with Gasteiger partial charge in [0.05, 0.1) is 5.56 Å². The van der Waals surface area contributed by atoms with Crippen molar-refractivity contribution in [3.8, 4) is 0 Å². The molecule has 0 radical (unpaired) electrons. The van der Waals surface area contributed by atoms with Crippen molar-refractivity contribution < 1.29 is 4.79 Å². The van der Waals surface area contributed by atoms with Gasteiger partial charge in [0.2, 0.25) is 0 Å². The summed E-state index contributed by atoms with van der Waals surface area (Å²) in [4.78, 5) is 12.0. The molecule has 1 unspecified atom stereocenters. The van der Waals surface area contributed by atoms with Crippen LogP contribution in [-0.4, -0.2) is 31.0 Å². The first kappa shape index (κ1) is 13.9. The second kappa shape index (κ2) is 6.55. The first-order valence-electron chi connectivity index (χ1n) is 5.68. The summed E-state index contributed by atoms with van der Waals surface area (Å²) in [6.45, 7) is 4.78. The molecule has 0 saturated carbocycles. The maximum absolute atomic E-state index is 12.0. The van der Waals surface area contributed by atoms with Crippen LogP contribution in [0.4, 0.5) is 5.69 Å². The van der Waals surface area contributed by atoms with E-state index in [1.165, 1.54) is 0 Å². The van der Waals surface area contributed by atoms with Crippen LogP contribution < -0.4 is 10.6 Å². The number of hydrogen-bond acceptors (Lipinski definition) is 3. The molecule has 0 spiro atoms. The average Bonchev–Trinajstić information content (AvgIpc) is 2.35. The van der Waals surface area contributed by atoms with Gasteiger partial charge in [-0.1, -0.05) is 18.6 Å². The number of hydrogen-bond donors (Lipinski definition) is 2. The molecule has 0 fully saturated rings. The second-order valence-corrected chi connectivity index (χ2v) is 5.33. The van der Waals surface area contributed by atoms with Gasteiger partial charge < -0.3 is 10.6 Å². The summed E-state index contributed by atoms with van der Waals surface area (Å²) >= 11 is 1.74. The Morgan fingerprint density at radius 2 is 2.18 bits per heavy atom. The van der Waals surface area contributed by atoms with E-state index in [4.69, 9.17) is 0 Å². The number of aryl methyl sites for hydroxylation is 1. The molecule has 17 heavy (non-hydrogen) atoms. The molecule has 1 rings (SSSR count). The SMILES string of the molecule is CNc1ccc(C)cc1C(=O)NCC(C)SC. The molecule has 1 aromatic rings. The first-order chi connectivity index (χ1) is 8.08. The average molecular weight is 252 g/mol. The van der Waals surface area contributed by atoms with E-state index >= 15 is 0 Å². The topological polar surface area (TPSA) is 41.1 Å². The highest BCUT2D eigenvalue weighted by Gasteiger charge is 2.11. The summed E-state index contributed by atoms with van der Waals surface area (Å²) in [6, 6.07) is 5.83. The summed E-state index contributed by atoms with van der Waals surface area (Å²) in [5.41, 5.74) is 2.66. The van der Waals surface area contributed by atoms with E-state index in [0.717, 1.165) is 11.3 Å². The summed E-state index contributed by atoms with van der Waals surface area (Å²) in [7, 11) is 1.83. The Labute approximate surface area is 107 Å². The van der Waals surface area contributed by atoms with E-state index in [9.17, 15) is 4.79 Å². The lowest BCUT2D eigenvalue weighted by atomic mass is 10.1. The van der Waals surface area contributed by atoms with Gasteiger partial charge in [0, 0.05) is 24.5 Å². The monoisotopic (exact) mass is 252 g/mol. The molecule has 0 saturated heterocycles. The van der Waals surface area contributed by atoms with E-state index < -0.39 is 0 Å². The zero-order valence-electron chi connectivity index (χ0n) is 10.8. The van der Waals surface area contributed by atoms with Gasteiger partial charge in [-0.3, -0.25) is 4.79 Å². The smallest absolute Gasteiger partial charge is 0.253 e. The van der Waals surface area contributed by atoms with E-state index in [1.807, 2.05) is 38.4 Å². The predicted molar refractivity (Wildman–Crippen MR) is 76.0 cm³/mol. The zero-order chi connectivity index (χ0) is 12.8. The molecule has 1 amide bonds. The number of anilines is 1. The minimum Gasteiger partial charge on any atom is -0.387 e. The molecule has 1 atom stereocenters. The van der Waals surface area contributed by atoms with Crippen LogP contribution in [0.2, 0.25) is 0 Å². The number of benzene rings is 1. The fraction of sp³-hybridized carbons (Fsp3) is 0.462. The third kappa shape index (κ3) is 3.97. The Bertz CT molecular complexity index is 393. The van der Waals surface area contributed by atoms with Gasteiger partial charge in [-0.15, -0.1) is 0 Å². The third-order valence-corrected chi connectivity index (χ3v) is 3.61. The normalized spacial score (nSPS) is 12.0. The summed E-state index contributed by atoms with van der Waals surface area (Å²) < 4.78 is 0. The van der Waals surface area contributed by atoms with Gasteiger partial charge in [0.1, 0.15) is 0 Å². The lowest BCUT2D eigenvalue weighted by molar-refractivity contribution is 0.0955. The van der Waals surface area contributed by atoms with Crippen molar-refractivity contribution >= 4 is 23.4 Å². The zero-order valence-corrected chi connectivity index (χ0v) is 11.6. The largest absolute Gasteiger partial charge is 0.387 e. The summed E-state index contributed by atoms with van der Waals surface area (Å²) in [5, 5.41) is 6.42. The third-order valence-electron chi connectivity index (χ3n) is 2.64. The number of carbonyl (C=O) groups excluding carboxylic acids is 1. The van der Waals surface area contributed by atoms with Crippen molar-refractivity contribution in [3.05, 3.63) is 29.3 Å². The Morgan fingerprint density at radius 1 is 1.47 bits per heavy atom. The van der Waals surface area contributed by atoms with E-state index in [1.54, 1.807) is 11.8 Å². The molecular weight excluding hydrogens is 232 g/mol. The molecule has 0 heterocycles. The van der Waals surface area contributed by atoms with Crippen molar-refractivity contribution in [2.24, 2.45) is 0 Å². The van der Waals surface area contributed by atoms with Gasteiger partial charge in [-0.05, 0) is 25.3 Å². The molecule has 4 heteroatoms. The molecule has 0 aliphatic carbocycles.